The highest BCUT2D eigenvalue weighted by Gasteiger charge is 2.62. The van der Waals surface area contributed by atoms with E-state index in [1.165, 1.54) is 0 Å². The number of hydrogen-bond donors (Lipinski definition) is 0. The highest BCUT2D eigenvalue weighted by atomic mass is 16.7. The van der Waals surface area contributed by atoms with Gasteiger partial charge in [0.1, 0.15) is 23.4 Å². The van der Waals surface area contributed by atoms with Gasteiger partial charge in [-0.2, -0.15) is 0 Å². The van der Waals surface area contributed by atoms with Gasteiger partial charge in [0.05, 0.1) is 6.61 Å². The third-order valence-electron chi connectivity index (χ3n) is 8.36. The summed E-state index contributed by atoms with van der Waals surface area (Å²) >= 11 is 0. The molecule has 4 aromatic rings. The number of allylic oxidation sites excluding steroid dienone is 1. The van der Waals surface area contributed by atoms with Crippen molar-refractivity contribution in [1.82, 2.24) is 0 Å². The minimum Gasteiger partial charge on any atom is -0.466 e. The number of rotatable bonds is 13. The Hall–Kier alpha value is -4.01. The minimum absolute atomic E-state index is 0.171. The Morgan fingerprint density at radius 1 is 0.659 bits per heavy atom. The predicted molar refractivity (Wildman–Crippen MR) is 172 cm³/mol. The van der Waals surface area contributed by atoms with Crippen molar-refractivity contribution in [2.45, 2.75) is 43.2 Å². The van der Waals surface area contributed by atoms with E-state index < -0.39 is 30.5 Å². The summed E-state index contributed by atoms with van der Waals surface area (Å²) in [6.45, 7) is 6.42. The third-order valence-corrected chi connectivity index (χ3v) is 8.36. The van der Waals surface area contributed by atoms with Crippen molar-refractivity contribution in [2.75, 3.05) is 20.8 Å². The lowest BCUT2D eigenvalue weighted by atomic mass is 9.71. The maximum atomic E-state index is 12.3. The van der Waals surface area contributed by atoms with Crippen LogP contribution in [0.3, 0.4) is 0 Å². The van der Waals surface area contributed by atoms with Gasteiger partial charge in [0.15, 0.2) is 0 Å². The van der Waals surface area contributed by atoms with Gasteiger partial charge in [-0.25, -0.2) is 0 Å². The second kappa shape index (κ2) is 14.2. The number of esters is 1. The summed E-state index contributed by atoms with van der Waals surface area (Å²) in [4.78, 5) is 12.3. The monoisotopic (exact) mass is 590 g/mol. The third kappa shape index (κ3) is 5.89. The van der Waals surface area contributed by atoms with E-state index >= 15 is 0 Å². The van der Waals surface area contributed by atoms with Gasteiger partial charge in [-0.1, -0.05) is 121 Å². The molecule has 2 atom stereocenters. The number of hydrogen-bond acceptors (Lipinski definition) is 6. The molecule has 1 aliphatic heterocycles. The van der Waals surface area contributed by atoms with Gasteiger partial charge in [-0.05, 0) is 41.1 Å². The molecule has 1 aliphatic rings. The highest BCUT2D eigenvalue weighted by molar-refractivity contribution is 6.54. The predicted octanol–water partition coefficient (Wildman–Crippen LogP) is 6.88. The fourth-order valence-electron chi connectivity index (χ4n) is 6.30. The van der Waals surface area contributed by atoms with Crippen LogP contribution < -0.4 is 0 Å². The average molecular weight is 591 g/mol. The average Bonchev–Trinajstić information content (AvgIpc) is 3.53. The number of ether oxygens (including phenoxy) is 3. The van der Waals surface area contributed by atoms with Gasteiger partial charge in [0, 0.05) is 20.6 Å². The topological polar surface area (TPSA) is 63.2 Å². The van der Waals surface area contributed by atoms with Crippen LogP contribution in [0.4, 0.5) is 0 Å². The molecule has 5 rings (SSSR count). The van der Waals surface area contributed by atoms with Crippen LogP contribution in [0, 0.1) is 0 Å². The van der Waals surface area contributed by atoms with E-state index in [9.17, 15) is 4.79 Å². The second-order valence-corrected chi connectivity index (χ2v) is 10.8. The molecule has 0 bridgehead atoms. The first-order chi connectivity index (χ1) is 21.5. The van der Waals surface area contributed by atoms with Crippen molar-refractivity contribution < 1.29 is 28.3 Å². The lowest BCUT2D eigenvalue weighted by Gasteiger charge is -2.46. The Morgan fingerprint density at radius 2 is 1.00 bits per heavy atom. The minimum atomic E-state index is -1.11. The molecule has 0 aliphatic carbocycles. The summed E-state index contributed by atoms with van der Waals surface area (Å²) in [5.41, 5.74) is 2.00. The number of benzene rings is 4. The summed E-state index contributed by atoms with van der Waals surface area (Å²) in [5.74, 6) is -0.292. The van der Waals surface area contributed by atoms with Crippen molar-refractivity contribution in [3.8, 4) is 0 Å². The summed E-state index contributed by atoms with van der Waals surface area (Å²) in [7, 11) is 2.55. The van der Waals surface area contributed by atoms with Crippen LogP contribution in [-0.4, -0.2) is 46.1 Å². The molecule has 1 heterocycles. The molecule has 226 valence electrons. The molecule has 44 heavy (non-hydrogen) atoms. The molecule has 0 spiro atoms. The first kappa shape index (κ1) is 31.4. The summed E-state index contributed by atoms with van der Waals surface area (Å²) in [6.07, 6.45) is -0.954. The van der Waals surface area contributed by atoms with Crippen molar-refractivity contribution in [3.63, 3.8) is 0 Å². The van der Waals surface area contributed by atoms with E-state index in [1.54, 1.807) is 21.1 Å². The summed E-state index contributed by atoms with van der Waals surface area (Å²) in [6, 6.07) is 40.2. The molecule has 0 aromatic heterocycles. The number of carbonyl (C=O) groups excluding carboxylic acids is 1. The van der Waals surface area contributed by atoms with Crippen LogP contribution in [0.15, 0.2) is 133 Å². The second-order valence-electron chi connectivity index (χ2n) is 10.8. The molecule has 1 saturated heterocycles. The van der Waals surface area contributed by atoms with Crippen LogP contribution in [0.2, 0.25) is 0 Å². The molecule has 0 radical (unpaired) electrons. The van der Waals surface area contributed by atoms with Crippen LogP contribution in [0.25, 0.3) is 0 Å². The van der Waals surface area contributed by atoms with Gasteiger partial charge in [-0.15, -0.1) is 6.58 Å². The highest BCUT2D eigenvalue weighted by Crippen LogP contribution is 2.51. The van der Waals surface area contributed by atoms with Crippen molar-refractivity contribution in [2.24, 2.45) is 0 Å². The van der Waals surface area contributed by atoms with E-state index in [2.05, 4.69) is 6.58 Å². The Bertz CT molecular complexity index is 1320. The van der Waals surface area contributed by atoms with E-state index in [-0.39, 0.29) is 12.4 Å². The molecule has 7 heteroatoms. The summed E-state index contributed by atoms with van der Waals surface area (Å²) in [5, 5.41) is 0. The number of carbonyl (C=O) groups is 1. The fourth-order valence-corrected chi connectivity index (χ4v) is 6.30. The molecule has 0 amide bonds. The SMILES string of the molecule is C=C(CCC(=O)OCC)B1O[C@@H](C(OC)(c2ccccc2)c2ccccc2)[C@H](C(OC)(c2ccccc2)c2ccccc2)O1. The molecule has 1 fully saturated rings. The molecule has 0 saturated carbocycles. The van der Waals surface area contributed by atoms with Crippen molar-refractivity contribution in [3.05, 3.63) is 156 Å². The van der Waals surface area contributed by atoms with E-state index in [0.717, 1.165) is 22.3 Å². The first-order valence-corrected chi connectivity index (χ1v) is 15.0. The van der Waals surface area contributed by atoms with Gasteiger partial charge >= 0.3 is 13.1 Å². The van der Waals surface area contributed by atoms with E-state index in [4.69, 9.17) is 23.5 Å². The molecular formula is C37H39BO6. The first-order valence-electron chi connectivity index (χ1n) is 15.0. The Morgan fingerprint density at radius 3 is 1.30 bits per heavy atom. The standard InChI is InChI=1S/C37H39BO6/c1-5-42-33(39)27-26-28(2)38-43-34(36(40-3,29-18-10-6-11-19-29)30-20-12-7-13-21-30)35(44-38)37(41-4,31-22-14-8-15-23-31)32-24-16-9-17-25-32/h6-25,34-35H,2,5,26-27H2,1,3-4H3/t34-,35-/m1/s1. The Labute approximate surface area is 260 Å². The van der Waals surface area contributed by atoms with Gasteiger partial charge < -0.3 is 23.5 Å². The smallest absolute Gasteiger partial charge is 0.466 e. The molecular weight excluding hydrogens is 551 g/mol. The van der Waals surface area contributed by atoms with Crippen LogP contribution in [-0.2, 0) is 39.5 Å². The maximum Gasteiger partial charge on any atom is 0.489 e. The molecule has 0 N–H and O–H groups in total. The van der Waals surface area contributed by atoms with E-state index in [0.29, 0.717) is 18.5 Å². The fraction of sp³-hybridized carbons (Fsp3) is 0.270. The zero-order valence-corrected chi connectivity index (χ0v) is 25.6. The van der Waals surface area contributed by atoms with Crippen LogP contribution in [0.5, 0.6) is 0 Å². The zero-order valence-electron chi connectivity index (χ0n) is 25.6. The van der Waals surface area contributed by atoms with E-state index in [1.807, 2.05) is 121 Å². The molecule has 6 nitrogen and oxygen atoms in total. The van der Waals surface area contributed by atoms with Crippen LogP contribution in [0.1, 0.15) is 42.0 Å². The van der Waals surface area contributed by atoms with Gasteiger partial charge in [0.25, 0.3) is 0 Å². The lowest BCUT2D eigenvalue weighted by Crippen LogP contribution is -2.56. The Balaban J connectivity index is 1.73. The van der Waals surface area contributed by atoms with Gasteiger partial charge in [0.2, 0.25) is 0 Å². The normalized spacial score (nSPS) is 16.9. The number of methoxy groups -OCH3 is 2. The zero-order chi connectivity index (χ0) is 31.0. The van der Waals surface area contributed by atoms with Gasteiger partial charge in [-0.3, -0.25) is 4.79 Å². The molecule has 0 unspecified atom stereocenters. The maximum absolute atomic E-state index is 12.3. The summed E-state index contributed by atoms with van der Waals surface area (Å²) < 4.78 is 32.4. The Kier molecular flexibility index (Phi) is 10.1. The molecule has 4 aromatic carbocycles. The van der Waals surface area contributed by atoms with Crippen molar-refractivity contribution >= 4 is 13.1 Å². The lowest BCUT2D eigenvalue weighted by molar-refractivity contribution is -0.143. The quantitative estimate of drug-likeness (QED) is 0.125. The van der Waals surface area contributed by atoms with Crippen LogP contribution >= 0.6 is 0 Å². The largest absolute Gasteiger partial charge is 0.489 e. The van der Waals surface area contributed by atoms with Crippen molar-refractivity contribution in [1.29, 1.82) is 0 Å².